The summed E-state index contributed by atoms with van der Waals surface area (Å²) in [7, 11) is 0. The van der Waals surface area contributed by atoms with Crippen LogP contribution in [0.25, 0.3) is 27.5 Å². The Morgan fingerprint density at radius 3 is 2.60 bits per heavy atom. The molecule has 1 aromatic heterocycles. The third-order valence-corrected chi connectivity index (χ3v) is 8.15. The number of nitrogens with zero attached hydrogens (tertiary/aromatic N) is 5. The topological polar surface area (TPSA) is 55.0 Å². The van der Waals surface area contributed by atoms with Crippen molar-refractivity contribution < 1.29 is 17.9 Å². The molecule has 0 aliphatic carbocycles. The van der Waals surface area contributed by atoms with E-state index in [0.29, 0.717) is 11.6 Å². The van der Waals surface area contributed by atoms with Crippen LogP contribution in [0.15, 0.2) is 95.4 Å². The second kappa shape index (κ2) is 11.5. The molecule has 6 rings (SSSR count). The lowest BCUT2D eigenvalue weighted by Crippen LogP contribution is -2.34. The first-order valence-corrected chi connectivity index (χ1v) is 14.6. The standard InChI is InChI=1S/C32H28F3N5OS/c1-21(2)26-6-3-4-7-28(26)39-16-5-17-42-31(39)38-37-19-22-8-14-27-23(18-22)9-15-29-30(27)36-20-40(29)24-10-12-25(13-11-24)41-32(33,34)35/h3-4,6-15,18-21H,5,16-17H2,1-2H3. The summed E-state index contributed by atoms with van der Waals surface area (Å²) in [4.78, 5) is 6.87. The highest BCUT2D eigenvalue weighted by atomic mass is 32.2. The molecule has 4 aromatic carbocycles. The Labute approximate surface area is 245 Å². The molecule has 0 spiro atoms. The summed E-state index contributed by atoms with van der Waals surface area (Å²) >= 11 is 1.72. The number of hydrogen-bond donors (Lipinski definition) is 0. The zero-order valence-electron chi connectivity index (χ0n) is 23.0. The fourth-order valence-corrected chi connectivity index (χ4v) is 6.06. The highest BCUT2D eigenvalue weighted by Gasteiger charge is 2.31. The van der Waals surface area contributed by atoms with Gasteiger partial charge in [0.05, 0.1) is 17.2 Å². The number of fused-ring (bicyclic) bond motifs is 3. The van der Waals surface area contributed by atoms with Crippen LogP contribution in [-0.4, -0.2) is 39.6 Å². The van der Waals surface area contributed by atoms with Gasteiger partial charge in [-0.2, -0.15) is 5.10 Å². The van der Waals surface area contributed by atoms with Crippen LogP contribution < -0.4 is 9.64 Å². The van der Waals surface area contributed by atoms with E-state index in [9.17, 15) is 13.2 Å². The lowest BCUT2D eigenvalue weighted by Gasteiger charge is -2.31. The van der Waals surface area contributed by atoms with E-state index in [0.717, 1.165) is 51.3 Å². The summed E-state index contributed by atoms with van der Waals surface area (Å²) in [5.74, 6) is 1.15. The van der Waals surface area contributed by atoms with Gasteiger partial charge in [-0.1, -0.05) is 62.0 Å². The van der Waals surface area contributed by atoms with Gasteiger partial charge in [0.25, 0.3) is 0 Å². The number of rotatable bonds is 6. The normalized spacial score (nSPS) is 15.5. The Morgan fingerprint density at radius 1 is 1.00 bits per heavy atom. The molecule has 0 bridgehead atoms. The van der Waals surface area contributed by atoms with E-state index in [-0.39, 0.29) is 5.75 Å². The van der Waals surface area contributed by atoms with E-state index in [1.165, 1.54) is 23.4 Å². The Balaban J connectivity index is 1.25. The fraction of sp³-hybridized carbons (Fsp3) is 0.219. The number of ether oxygens (including phenoxy) is 1. The Hall–Kier alpha value is -4.31. The number of aromatic nitrogens is 2. The molecule has 5 aromatic rings. The maximum atomic E-state index is 12.5. The summed E-state index contributed by atoms with van der Waals surface area (Å²) in [5, 5.41) is 11.9. The van der Waals surface area contributed by atoms with Gasteiger partial charge >= 0.3 is 6.36 Å². The van der Waals surface area contributed by atoms with E-state index in [2.05, 4.69) is 62.9 Å². The average Bonchev–Trinajstić information content (AvgIpc) is 3.41. The Kier molecular flexibility index (Phi) is 7.64. The number of benzene rings is 4. The largest absolute Gasteiger partial charge is 0.573 e. The summed E-state index contributed by atoms with van der Waals surface area (Å²) < 4.78 is 43.4. The lowest BCUT2D eigenvalue weighted by molar-refractivity contribution is -0.274. The van der Waals surface area contributed by atoms with Crippen molar-refractivity contribution in [2.24, 2.45) is 10.2 Å². The van der Waals surface area contributed by atoms with Gasteiger partial charge in [0.1, 0.15) is 12.1 Å². The number of alkyl halides is 3. The van der Waals surface area contributed by atoms with Crippen LogP contribution in [0.3, 0.4) is 0 Å². The average molecular weight is 588 g/mol. The Bertz CT molecular complexity index is 1790. The first kappa shape index (κ1) is 27.8. The molecule has 0 amide bonds. The van der Waals surface area contributed by atoms with Gasteiger partial charge in [-0.3, -0.25) is 4.57 Å². The first-order chi connectivity index (χ1) is 20.3. The van der Waals surface area contributed by atoms with Crippen LogP contribution in [-0.2, 0) is 0 Å². The maximum absolute atomic E-state index is 12.5. The molecule has 0 unspecified atom stereocenters. The molecule has 2 heterocycles. The molecule has 42 heavy (non-hydrogen) atoms. The van der Waals surface area contributed by atoms with Crippen LogP contribution in [0.2, 0.25) is 0 Å². The predicted octanol–water partition coefficient (Wildman–Crippen LogP) is 8.53. The van der Waals surface area contributed by atoms with Crippen LogP contribution in [0.1, 0.15) is 37.3 Å². The summed E-state index contributed by atoms with van der Waals surface area (Å²) in [6, 6.07) is 24.2. The quantitative estimate of drug-likeness (QED) is 0.148. The third-order valence-electron chi connectivity index (χ3n) is 7.09. The summed E-state index contributed by atoms with van der Waals surface area (Å²) in [6.07, 6.45) is -0.207. The zero-order chi connectivity index (χ0) is 29.3. The highest BCUT2D eigenvalue weighted by Crippen LogP contribution is 2.32. The van der Waals surface area contributed by atoms with Gasteiger partial charge in [0.15, 0.2) is 5.17 Å². The molecule has 0 radical (unpaired) electrons. The molecular weight excluding hydrogens is 559 g/mol. The lowest BCUT2D eigenvalue weighted by atomic mass is 10.0. The molecular formula is C32H28F3N5OS. The predicted molar refractivity (Wildman–Crippen MR) is 165 cm³/mol. The van der Waals surface area contributed by atoms with E-state index < -0.39 is 6.36 Å². The number of amidine groups is 1. The second-order valence-electron chi connectivity index (χ2n) is 10.3. The molecule has 1 saturated heterocycles. The van der Waals surface area contributed by atoms with Crippen molar-refractivity contribution in [3.63, 3.8) is 0 Å². The fourth-order valence-electron chi connectivity index (χ4n) is 5.16. The van der Waals surface area contributed by atoms with Gasteiger partial charge in [0.2, 0.25) is 0 Å². The third kappa shape index (κ3) is 5.85. The summed E-state index contributed by atoms with van der Waals surface area (Å²) in [5.41, 5.74) is 5.72. The minimum atomic E-state index is -4.73. The van der Waals surface area contributed by atoms with Gasteiger partial charge in [0, 0.05) is 29.1 Å². The maximum Gasteiger partial charge on any atom is 0.573 e. The number of para-hydroxylation sites is 1. The van der Waals surface area contributed by atoms with Gasteiger partial charge in [-0.05, 0) is 71.3 Å². The minimum Gasteiger partial charge on any atom is -0.406 e. The Morgan fingerprint density at radius 2 is 1.81 bits per heavy atom. The first-order valence-electron chi connectivity index (χ1n) is 13.6. The van der Waals surface area contributed by atoms with E-state index in [4.69, 9.17) is 0 Å². The molecule has 0 atom stereocenters. The summed E-state index contributed by atoms with van der Waals surface area (Å²) in [6.45, 7) is 5.32. The molecule has 214 valence electrons. The van der Waals surface area contributed by atoms with E-state index in [1.54, 1.807) is 36.4 Å². The molecule has 1 fully saturated rings. The number of anilines is 1. The number of halogens is 3. The van der Waals surface area contributed by atoms with Crippen LogP contribution in [0.4, 0.5) is 18.9 Å². The van der Waals surface area contributed by atoms with Crippen LogP contribution >= 0.6 is 11.8 Å². The number of imidazole rings is 1. The van der Waals surface area contributed by atoms with E-state index in [1.807, 2.05) is 34.9 Å². The van der Waals surface area contributed by atoms with Crippen molar-refractivity contribution in [3.05, 3.63) is 96.3 Å². The minimum absolute atomic E-state index is 0.268. The number of hydrogen-bond acceptors (Lipinski definition) is 5. The van der Waals surface area contributed by atoms with Crippen LogP contribution in [0, 0.1) is 0 Å². The van der Waals surface area contributed by atoms with Crippen molar-refractivity contribution >= 4 is 50.6 Å². The van der Waals surface area contributed by atoms with Crippen molar-refractivity contribution in [1.29, 1.82) is 0 Å². The van der Waals surface area contributed by atoms with Gasteiger partial charge in [-0.15, -0.1) is 18.3 Å². The van der Waals surface area contributed by atoms with Crippen molar-refractivity contribution in [2.45, 2.75) is 32.5 Å². The molecule has 1 aliphatic heterocycles. The smallest absolute Gasteiger partial charge is 0.406 e. The van der Waals surface area contributed by atoms with Crippen molar-refractivity contribution in [3.8, 4) is 11.4 Å². The second-order valence-corrected chi connectivity index (χ2v) is 11.3. The highest BCUT2D eigenvalue weighted by molar-refractivity contribution is 8.14. The van der Waals surface area contributed by atoms with Crippen molar-refractivity contribution in [1.82, 2.24) is 9.55 Å². The van der Waals surface area contributed by atoms with E-state index >= 15 is 0 Å². The molecule has 0 N–H and O–H groups in total. The van der Waals surface area contributed by atoms with Crippen molar-refractivity contribution in [2.75, 3.05) is 17.2 Å². The zero-order valence-corrected chi connectivity index (χ0v) is 23.9. The van der Waals surface area contributed by atoms with Crippen LogP contribution in [0.5, 0.6) is 5.75 Å². The molecule has 10 heteroatoms. The molecule has 0 saturated carbocycles. The monoisotopic (exact) mass is 587 g/mol. The molecule has 6 nitrogen and oxygen atoms in total. The molecule has 1 aliphatic rings. The number of thioether (sulfide) groups is 1. The van der Waals surface area contributed by atoms with Gasteiger partial charge in [-0.25, -0.2) is 4.98 Å². The van der Waals surface area contributed by atoms with Gasteiger partial charge < -0.3 is 9.64 Å². The SMILES string of the molecule is CC(C)c1ccccc1N1CCCSC1=NN=Cc1ccc2c(ccc3c2ncn3-c2ccc(OC(F)(F)F)cc2)c1.